The SMILES string of the molecule is C[C@H]([C@@H](C)O)N(C)CC#Cc1cc2c(c(C(=O)O)c1)OCCCC2. The largest absolute Gasteiger partial charge is 0.492 e. The molecule has 0 saturated carbocycles. The molecule has 1 aromatic carbocycles. The Balaban J connectivity index is 2.23. The van der Waals surface area contributed by atoms with Gasteiger partial charge in [-0.15, -0.1) is 0 Å². The quantitative estimate of drug-likeness (QED) is 0.828. The number of aliphatic hydroxyl groups is 1. The van der Waals surface area contributed by atoms with Crippen molar-refractivity contribution in [2.24, 2.45) is 0 Å². The molecular formula is C19H25NO4. The minimum absolute atomic E-state index is 0.00864. The van der Waals surface area contributed by atoms with Crippen LogP contribution in [0.25, 0.3) is 0 Å². The highest BCUT2D eigenvalue weighted by atomic mass is 16.5. The van der Waals surface area contributed by atoms with Gasteiger partial charge in [-0.3, -0.25) is 4.90 Å². The summed E-state index contributed by atoms with van der Waals surface area (Å²) in [6, 6.07) is 3.52. The molecule has 1 heterocycles. The zero-order valence-electron chi connectivity index (χ0n) is 14.5. The van der Waals surface area contributed by atoms with Gasteiger partial charge in [-0.1, -0.05) is 11.8 Å². The first-order valence-electron chi connectivity index (χ1n) is 8.30. The molecule has 5 nitrogen and oxygen atoms in total. The summed E-state index contributed by atoms with van der Waals surface area (Å²) in [5.74, 6) is 5.60. The van der Waals surface area contributed by atoms with Gasteiger partial charge in [-0.25, -0.2) is 4.79 Å². The van der Waals surface area contributed by atoms with Gasteiger partial charge in [-0.2, -0.15) is 0 Å². The van der Waals surface area contributed by atoms with Crippen molar-refractivity contribution in [1.29, 1.82) is 0 Å². The number of carbonyl (C=O) groups is 1. The predicted molar refractivity (Wildman–Crippen MR) is 92.5 cm³/mol. The van der Waals surface area contributed by atoms with Crippen LogP contribution in [-0.4, -0.2) is 53.4 Å². The lowest BCUT2D eigenvalue weighted by atomic mass is 10.0. The highest BCUT2D eigenvalue weighted by Crippen LogP contribution is 2.30. The number of carboxylic acids is 1. The molecule has 0 aromatic heterocycles. The Morgan fingerprint density at radius 1 is 1.38 bits per heavy atom. The average molecular weight is 331 g/mol. The van der Waals surface area contributed by atoms with E-state index in [1.807, 2.05) is 24.9 Å². The molecule has 0 amide bonds. The van der Waals surface area contributed by atoms with E-state index in [0.29, 0.717) is 24.5 Å². The maximum absolute atomic E-state index is 11.5. The molecule has 24 heavy (non-hydrogen) atoms. The first-order valence-corrected chi connectivity index (χ1v) is 8.30. The third kappa shape index (κ3) is 4.50. The second-order valence-electron chi connectivity index (χ2n) is 6.32. The van der Waals surface area contributed by atoms with Crippen LogP contribution in [-0.2, 0) is 6.42 Å². The molecule has 1 aromatic rings. The lowest BCUT2D eigenvalue weighted by Crippen LogP contribution is -2.37. The summed E-state index contributed by atoms with van der Waals surface area (Å²) in [5, 5.41) is 19.0. The van der Waals surface area contributed by atoms with Gasteiger partial charge in [0.05, 0.1) is 19.3 Å². The van der Waals surface area contributed by atoms with Crippen LogP contribution in [0.2, 0.25) is 0 Å². The van der Waals surface area contributed by atoms with Gasteiger partial charge in [0.25, 0.3) is 0 Å². The van der Waals surface area contributed by atoms with Gasteiger partial charge < -0.3 is 14.9 Å². The first kappa shape index (κ1) is 18.3. The maximum Gasteiger partial charge on any atom is 0.339 e. The van der Waals surface area contributed by atoms with Crippen molar-refractivity contribution in [3.63, 3.8) is 0 Å². The molecule has 0 saturated heterocycles. The number of hydrogen-bond donors (Lipinski definition) is 2. The molecule has 2 atom stereocenters. The molecular weight excluding hydrogens is 306 g/mol. The van der Waals surface area contributed by atoms with E-state index < -0.39 is 12.1 Å². The topological polar surface area (TPSA) is 70.0 Å². The molecule has 1 aliphatic rings. The second kappa shape index (κ2) is 8.18. The van der Waals surface area contributed by atoms with Gasteiger partial charge in [0.1, 0.15) is 11.3 Å². The Hall–Kier alpha value is -2.03. The van der Waals surface area contributed by atoms with Gasteiger partial charge in [0.15, 0.2) is 0 Å². The number of aryl methyl sites for hydroxylation is 1. The van der Waals surface area contributed by atoms with Crippen molar-refractivity contribution in [2.75, 3.05) is 20.2 Å². The van der Waals surface area contributed by atoms with Crippen LogP contribution in [0, 0.1) is 11.8 Å². The number of aromatic carboxylic acids is 1. The fraction of sp³-hybridized carbons (Fsp3) is 0.526. The van der Waals surface area contributed by atoms with Crippen LogP contribution in [0.15, 0.2) is 12.1 Å². The molecule has 2 N–H and O–H groups in total. The van der Waals surface area contributed by atoms with Crippen LogP contribution in [0.1, 0.15) is 48.2 Å². The number of carboxylic acid groups (broad SMARTS) is 1. The Morgan fingerprint density at radius 3 is 2.79 bits per heavy atom. The monoisotopic (exact) mass is 331 g/mol. The second-order valence-corrected chi connectivity index (χ2v) is 6.32. The number of hydrogen-bond acceptors (Lipinski definition) is 4. The molecule has 130 valence electrons. The molecule has 1 aliphatic heterocycles. The lowest BCUT2D eigenvalue weighted by molar-refractivity contribution is 0.0692. The van der Waals surface area contributed by atoms with Crippen molar-refractivity contribution in [2.45, 2.75) is 45.3 Å². The molecule has 0 aliphatic carbocycles. The Labute approximate surface area is 143 Å². The third-order valence-corrected chi connectivity index (χ3v) is 4.44. The molecule has 0 fully saturated rings. The van der Waals surface area contributed by atoms with Crippen molar-refractivity contribution in [3.8, 4) is 17.6 Å². The fourth-order valence-corrected chi connectivity index (χ4v) is 2.65. The fourth-order valence-electron chi connectivity index (χ4n) is 2.65. The van der Waals surface area contributed by atoms with Crippen LogP contribution >= 0.6 is 0 Å². The number of aliphatic hydroxyl groups excluding tert-OH is 1. The summed E-state index contributed by atoms with van der Waals surface area (Å²) in [6.45, 7) is 4.75. The van der Waals surface area contributed by atoms with E-state index in [2.05, 4.69) is 11.8 Å². The van der Waals surface area contributed by atoms with E-state index in [-0.39, 0.29) is 11.6 Å². The third-order valence-electron chi connectivity index (χ3n) is 4.44. The molecule has 2 rings (SSSR count). The zero-order chi connectivity index (χ0) is 17.7. The predicted octanol–water partition coefficient (Wildman–Crippen LogP) is 2.15. The summed E-state index contributed by atoms with van der Waals surface area (Å²) >= 11 is 0. The maximum atomic E-state index is 11.5. The average Bonchev–Trinajstić information content (AvgIpc) is 2.78. The number of likely N-dealkylation sites (N-methyl/N-ethyl adjacent to an activating group) is 1. The summed E-state index contributed by atoms with van der Waals surface area (Å²) in [7, 11) is 1.90. The number of fused-ring (bicyclic) bond motifs is 1. The number of nitrogens with zero attached hydrogens (tertiary/aromatic N) is 1. The summed E-state index contributed by atoms with van der Waals surface area (Å²) in [6.07, 6.45) is 2.29. The summed E-state index contributed by atoms with van der Waals surface area (Å²) in [5.41, 5.74) is 1.79. The van der Waals surface area contributed by atoms with Crippen molar-refractivity contribution in [1.82, 2.24) is 4.90 Å². The van der Waals surface area contributed by atoms with Crippen molar-refractivity contribution in [3.05, 3.63) is 28.8 Å². The van der Waals surface area contributed by atoms with E-state index >= 15 is 0 Å². The minimum atomic E-state index is -0.989. The first-order chi connectivity index (χ1) is 11.4. The van der Waals surface area contributed by atoms with Crippen LogP contribution in [0.4, 0.5) is 0 Å². The van der Waals surface area contributed by atoms with Crippen molar-refractivity contribution >= 4 is 5.97 Å². The van der Waals surface area contributed by atoms with Gasteiger partial charge in [0.2, 0.25) is 0 Å². The smallest absolute Gasteiger partial charge is 0.339 e. The number of ether oxygens (including phenoxy) is 1. The molecule has 0 unspecified atom stereocenters. The standard InChI is InChI=1S/C19H25NO4/c1-13(14(2)21)20(3)9-6-7-15-11-16-8-4-5-10-24-18(16)17(12-15)19(22)23/h11-14,21H,4-5,8-10H2,1-3H3,(H,22,23)/t13-,14-/m1/s1. The van der Waals surface area contributed by atoms with Gasteiger partial charge in [-0.05, 0) is 57.9 Å². The van der Waals surface area contributed by atoms with Crippen LogP contribution in [0.3, 0.4) is 0 Å². The van der Waals surface area contributed by atoms with E-state index in [1.54, 1.807) is 13.0 Å². The Bertz CT molecular complexity index is 657. The molecule has 0 spiro atoms. The zero-order valence-corrected chi connectivity index (χ0v) is 14.5. The van der Waals surface area contributed by atoms with Gasteiger partial charge >= 0.3 is 5.97 Å². The minimum Gasteiger partial charge on any atom is -0.492 e. The number of benzene rings is 1. The van der Waals surface area contributed by atoms with E-state index in [0.717, 1.165) is 24.8 Å². The molecule has 5 heteroatoms. The van der Waals surface area contributed by atoms with E-state index in [1.165, 1.54) is 0 Å². The lowest BCUT2D eigenvalue weighted by Gasteiger charge is -2.24. The van der Waals surface area contributed by atoms with Crippen LogP contribution < -0.4 is 4.74 Å². The van der Waals surface area contributed by atoms with E-state index in [9.17, 15) is 15.0 Å². The normalized spacial score (nSPS) is 16.2. The summed E-state index contributed by atoms with van der Waals surface area (Å²) in [4.78, 5) is 13.5. The highest BCUT2D eigenvalue weighted by Gasteiger charge is 2.19. The highest BCUT2D eigenvalue weighted by molar-refractivity contribution is 5.92. The molecule has 0 radical (unpaired) electrons. The van der Waals surface area contributed by atoms with Gasteiger partial charge in [0, 0.05) is 11.6 Å². The Kier molecular flexibility index (Phi) is 6.24. The number of rotatable bonds is 4. The molecule has 0 bridgehead atoms. The van der Waals surface area contributed by atoms with E-state index in [4.69, 9.17) is 4.74 Å². The Morgan fingerprint density at radius 2 is 2.12 bits per heavy atom. The van der Waals surface area contributed by atoms with Crippen LogP contribution in [0.5, 0.6) is 5.75 Å². The van der Waals surface area contributed by atoms with Crippen molar-refractivity contribution < 1.29 is 19.7 Å². The summed E-state index contributed by atoms with van der Waals surface area (Å²) < 4.78 is 5.63.